The Hall–Kier alpha value is -0.810. The van der Waals surface area contributed by atoms with Gasteiger partial charge >= 0.3 is 25.6 Å². The Balaban J connectivity index is 6.76. The quantitative estimate of drug-likeness (QED) is 0.335. The first-order valence-corrected chi connectivity index (χ1v) is 9.86. The summed E-state index contributed by atoms with van der Waals surface area (Å²) in [6, 6.07) is -2.85. The van der Waals surface area contributed by atoms with Crippen LogP contribution in [0.1, 0.15) is 34.1 Å². The monoisotopic (exact) mass is 410 g/mol. The maximum atomic E-state index is 13.1. The van der Waals surface area contributed by atoms with Crippen molar-refractivity contribution in [3.8, 4) is 0 Å². The largest absolute Gasteiger partial charge is 0.480 e. The molecule has 8 nitrogen and oxygen atoms in total. The molecular formula is C12H22F3N2O6PS. The highest BCUT2D eigenvalue weighted by molar-refractivity contribution is 8.06. The molecule has 0 bridgehead atoms. The summed E-state index contributed by atoms with van der Waals surface area (Å²) in [5.74, 6) is -4.54. The number of nitrogens with zero attached hydrogens (tertiary/aromatic N) is 1. The number of alkyl halides is 3. The molecular weight excluding hydrogens is 388 g/mol. The maximum Gasteiger partial charge on any atom is 0.471 e. The summed E-state index contributed by atoms with van der Waals surface area (Å²) >= 11 is 0.340. The van der Waals surface area contributed by atoms with Crippen molar-refractivity contribution in [1.29, 1.82) is 0 Å². The van der Waals surface area contributed by atoms with E-state index in [9.17, 15) is 42.2 Å². The molecule has 0 radical (unpaired) electrons. The standard InChI is InChI=1S/C12H22F3N2O6PS/c1-5-8(9(18)19)17(10(20)11(13,14)15)12(25-6-2,16-7(3)4)24(21,22)23/h7-8,16H,5-6H2,1-4H3,(H,18,19)(H2,21,22,23). The second-order valence-corrected chi connectivity index (χ2v) is 8.81. The second-order valence-electron chi connectivity index (χ2n) is 5.32. The lowest BCUT2D eigenvalue weighted by molar-refractivity contribution is -0.193. The molecule has 0 saturated carbocycles. The number of carbonyl (C=O) groups is 2. The van der Waals surface area contributed by atoms with Crippen LogP contribution in [-0.4, -0.2) is 60.4 Å². The van der Waals surface area contributed by atoms with Crippen molar-refractivity contribution in [2.75, 3.05) is 5.75 Å². The number of halogens is 3. The zero-order valence-electron chi connectivity index (χ0n) is 14.1. The molecule has 0 aromatic heterocycles. The molecule has 0 heterocycles. The first-order chi connectivity index (χ1) is 11.2. The smallest absolute Gasteiger partial charge is 0.471 e. The Morgan fingerprint density at radius 3 is 1.96 bits per heavy atom. The van der Waals surface area contributed by atoms with Gasteiger partial charge in [0.25, 0.3) is 0 Å². The highest BCUT2D eigenvalue weighted by Crippen LogP contribution is 2.58. The molecule has 0 aromatic carbocycles. The molecule has 13 heteroatoms. The van der Waals surface area contributed by atoms with E-state index < -0.39 is 48.9 Å². The molecule has 0 fully saturated rings. The lowest BCUT2D eigenvalue weighted by atomic mass is 10.2. The van der Waals surface area contributed by atoms with Crippen molar-refractivity contribution in [2.24, 2.45) is 0 Å². The highest BCUT2D eigenvalue weighted by Gasteiger charge is 2.62. The normalized spacial score (nSPS) is 16.4. The predicted molar refractivity (Wildman–Crippen MR) is 85.8 cm³/mol. The summed E-state index contributed by atoms with van der Waals surface area (Å²) in [5, 5.41) is 11.5. The fourth-order valence-corrected chi connectivity index (χ4v) is 5.23. The number of nitrogens with one attached hydrogen (secondary N) is 1. The first kappa shape index (κ1) is 24.2. The molecule has 0 saturated heterocycles. The van der Waals surface area contributed by atoms with Crippen LogP contribution < -0.4 is 5.32 Å². The van der Waals surface area contributed by atoms with Crippen LogP contribution in [0.2, 0.25) is 0 Å². The summed E-state index contributed by atoms with van der Waals surface area (Å²) in [7, 11) is -5.47. The first-order valence-electron chi connectivity index (χ1n) is 7.26. The highest BCUT2D eigenvalue weighted by atomic mass is 32.2. The van der Waals surface area contributed by atoms with Crippen molar-refractivity contribution in [1.82, 2.24) is 10.2 Å². The fraction of sp³-hybridized carbons (Fsp3) is 0.833. The zero-order valence-corrected chi connectivity index (χ0v) is 15.8. The van der Waals surface area contributed by atoms with E-state index in [2.05, 4.69) is 5.32 Å². The van der Waals surface area contributed by atoms with Gasteiger partial charge in [0.1, 0.15) is 6.04 Å². The Kier molecular flexibility index (Phi) is 8.44. The van der Waals surface area contributed by atoms with Gasteiger partial charge in [-0.2, -0.15) is 13.2 Å². The lowest BCUT2D eigenvalue weighted by Gasteiger charge is -2.46. The summed E-state index contributed by atoms with van der Waals surface area (Å²) in [6.07, 6.45) is -6.00. The van der Waals surface area contributed by atoms with E-state index in [1.807, 2.05) is 0 Å². The summed E-state index contributed by atoms with van der Waals surface area (Å²) < 4.78 is 48.5. The third-order valence-electron chi connectivity index (χ3n) is 2.99. The summed E-state index contributed by atoms with van der Waals surface area (Å²) in [4.78, 5) is 42.7. The minimum Gasteiger partial charge on any atom is -0.480 e. The minimum absolute atomic E-state index is 0.0947. The van der Waals surface area contributed by atoms with Gasteiger partial charge in [-0.1, -0.05) is 13.8 Å². The van der Waals surface area contributed by atoms with Crippen LogP contribution in [0.15, 0.2) is 0 Å². The number of carbonyl (C=O) groups excluding carboxylic acids is 1. The maximum absolute atomic E-state index is 13.1. The SMILES string of the molecule is CCSC(NC(C)C)(N(C(=O)C(F)(F)F)C(CC)C(=O)O)P(=O)(O)O. The van der Waals surface area contributed by atoms with Crippen LogP contribution in [0.3, 0.4) is 0 Å². The number of hydrogen-bond donors (Lipinski definition) is 4. The molecule has 0 aliphatic heterocycles. The summed E-state index contributed by atoms with van der Waals surface area (Å²) in [5.41, 5.74) is 0. The molecule has 25 heavy (non-hydrogen) atoms. The van der Waals surface area contributed by atoms with E-state index in [1.165, 1.54) is 27.7 Å². The molecule has 0 aromatic rings. The zero-order chi connectivity index (χ0) is 20.2. The van der Waals surface area contributed by atoms with Gasteiger partial charge in [0.2, 0.25) is 4.74 Å². The van der Waals surface area contributed by atoms with Crippen LogP contribution in [0.5, 0.6) is 0 Å². The topological polar surface area (TPSA) is 127 Å². The van der Waals surface area contributed by atoms with Crippen molar-refractivity contribution >= 4 is 31.2 Å². The molecule has 2 atom stereocenters. The molecule has 0 aliphatic carbocycles. The van der Waals surface area contributed by atoms with Gasteiger partial charge < -0.3 is 14.9 Å². The number of amides is 1. The van der Waals surface area contributed by atoms with E-state index in [0.717, 1.165) is 0 Å². The molecule has 4 N–H and O–H groups in total. The number of thioether (sulfide) groups is 1. The molecule has 0 spiro atoms. The Bertz CT molecular complexity index is 541. The Morgan fingerprint density at radius 2 is 1.72 bits per heavy atom. The second kappa shape index (κ2) is 8.72. The van der Waals surface area contributed by atoms with Crippen molar-refractivity contribution in [3.63, 3.8) is 0 Å². The Labute approximate surface area is 147 Å². The van der Waals surface area contributed by atoms with Crippen LogP contribution >= 0.6 is 19.4 Å². The van der Waals surface area contributed by atoms with E-state index >= 15 is 0 Å². The van der Waals surface area contributed by atoms with Gasteiger partial charge in [-0.15, -0.1) is 11.8 Å². The molecule has 1 amide bonds. The average molecular weight is 410 g/mol. The van der Waals surface area contributed by atoms with E-state index in [1.54, 1.807) is 0 Å². The number of carboxylic acids is 1. The number of rotatable bonds is 9. The van der Waals surface area contributed by atoms with Crippen LogP contribution in [0, 0.1) is 0 Å². The number of aliphatic carboxylic acids is 1. The number of carboxylic acid groups (broad SMARTS) is 1. The van der Waals surface area contributed by atoms with Gasteiger partial charge in [-0.3, -0.25) is 19.6 Å². The van der Waals surface area contributed by atoms with E-state index in [0.29, 0.717) is 11.8 Å². The van der Waals surface area contributed by atoms with E-state index in [4.69, 9.17) is 0 Å². The van der Waals surface area contributed by atoms with Crippen molar-refractivity contribution in [3.05, 3.63) is 0 Å². The average Bonchev–Trinajstić information content (AvgIpc) is 2.40. The van der Waals surface area contributed by atoms with Crippen molar-refractivity contribution in [2.45, 2.75) is 57.1 Å². The fourth-order valence-electron chi connectivity index (χ4n) is 2.16. The third-order valence-corrected chi connectivity index (χ3v) is 6.23. The predicted octanol–water partition coefficient (Wildman–Crippen LogP) is 1.78. The lowest BCUT2D eigenvalue weighted by Crippen LogP contribution is -2.66. The molecule has 0 rings (SSSR count). The number of hydrogen-bond acceptors (Lipinski definition) is 5. The van der Waals surface area contributed by atoms with Crippen molar-refractivity contribution < 1.29 is 42.2 Å². The van der Waals surface area contributed by atoms with Gasteiger partial charge in [-0.05, 0) is 26.0 Å². The third kappa shape index (κ3) is 5.58. The summed E-state index contributed by atoms with van der Waals surface area (Å²) in [6.45, 7) is 5.41. The molecule has 0 aliphatic rings. The Morgan fingerprint density at radius 1 is 1.24 bits per heavy atom. The van der Waals surface area contributed by atoms with Gasteiger partial charge in [-0.25, -0.2) is 4.79 Å². The van der Waals surface area contributed by atoms with E-state index in [-0.39, 0.29) is 10.7 Å². The van der Waals surface area contributed by atoms with Gasteiger partial charge in [0.05, 0.1) is 0 Å². The van der Waals surface area contributed by atoms with Gasteiger partial charge in [0, 0.05) is 6.04 Å². The van der Waals surface area contributed by atoms with Crippen LogP contribution in [0.25, 0.3) is 0 Å². The molecule has 148 valence electrons. The minimum atomic E-state index is -5.52. The van der Waals surface area contributed by atoms with Crippen LogP contribution in [-0.2, 0) is 14.2 Å². The van der Waals surface area contributed by atoms with Gasteiger partial charge in [0.15, 0.2) is 0 Å². The molecule has 2 unspecified atom stereocenters. The van der Waals surface area contributed by atoms with Crippen LogP contribution in [0.4, 0.5) is 13.2 Å².